The van der Waals surface area contributed by atoms with Crippen molar-refractivity contribution in [3.8, 4) is 11.3 Å². The van der Waals surface area contributed by atoms with Crippen LogP contribution in [0.4, 0.5) is 0 Å². The Morgan fingerprint density at radius 1 is 1.21 bits per heavy atom. The summed E-state index contributed by atoms with van der Waals surface area (Å²) in [6.07, 6.45) is 0.777. The van der Waals surface area contributed by atoms with E-state index in [2.05, 4.69) is 45.2 Å². The van der Waals surface area contributed by atoms with Gasteiger partial charge in [0.05, 0.1) is 10.7 Å². The second kappa shape index (κ2) is 5.85. The number of aliphatic hydroxyl groups is 1. The fraction of sp³-hybridized carbons (Fsp3) is 0.438. The van der Waals surface area contributed by atoms with Gasteiger partial charge in [0.25, 0.3) is 0 Å². The molecule has 102 valence electrons. The average molecular weight is 275 g/mol. The van der Waals surface area contributed by atoms with Crippen molar-refractivity contribution in [3.63, 3.8) is 0 Å². The van der Waals surface area contributed by atoms with Gasteiger partial charge in [0, 0.05) is 23.5 Å². The number of nitrogens with zero attached hydrogens (tertiary/aromatic N) is 1. The average Bonchev–Trinajstić information content (AvgIpc) is 2.77. The SMILES string of the molecule is Cc1cc(C)c(-c2csc(C(C)CCO)n2)c(C)c1. The van der Waals surface area contributed by atoms with Crippen LogP contribution in [0.1, 0.15) is 41.0 Å². The summed E-state index contributed by atoms with van der Waals surface area (Å²) in [5.74, 6) is 0.329. The van der Waals surface area contributed by atoms with Gasteiger partial charge in [-0.1, -0.05) is 24.6 Å². The Morgan fingerprint density at radius 3 is 2.42 bits per heavy atom. The fourth-order valence-electron chi connectivity index (χ4n) is 2.53. The van der Waals surface area contributed by atoms with E-state index in [1.165, 1.54) is 22.3 Å². The molecule has 1 heterocycles. The molecule has 0 fully saturated rings. The number of hydrogen-bond donors (Lipinski definition) is 1. The van der Waals surface area contributed by atoms with Crippen LogP contribution in [0, 0.1) is 20.8 Å². The van der Waals surface area contributed by atoms with E-state index < -0.39 is 0 Å². The van der Waals surface area contributed by atoms with E-state index in [1.807, 2.05) is 0 Å². The molecule has 1 N–H and O–H groups in total. The van der Waals surface area contributed by atoms with Gasteiger partial charge in [-0.25, -0.2) is 4.98 Å². The largest absolute Gasteiger partial charge is 0.396 e. The summed E-state index contributed by atoms with van der Waals surface area (Å²) in [5.41, 5.74) is 6.18. The summed E-state index contributed by atoms with van der Waals surface area (Å²) in [5, 5.41) is 12.3. The lowest BCUT2D eigenvalue weighted by molar-refractivity contribution is 0.278. The van der Waals surface area contributed by atoms with E-state index in [4.69, 9.17) is 10.1 Å². The minimum Gasteiger partial charge on any atom is -0.396 e. The van der Waals surface area contributed by atoms with Gasteiger partial charge >= 0.3 is 0 Å². The Morgan fingerprint density at radius 2 is 1.84 bits per heavy atom. The number of aryl methyl sites for hydroxylation is 3. The van der Waals surface area contributed by atoms with Crippen molar-refractivity contribution in [3.05, 3.63) is 39.2 Å². The molecule has 1 unspecified atom stereocenters. The van der Waals surface area contributed by atoms with E-state index >= 15 is 0 Å². The molecule has 2 rings (SSSR count). The van der Waals surface area contributed by atoms with Crippen molar-refractivity contribution in [1.29, 1.82) is 0 Å². The summed E-state index contributed by atoms with van der Waals surface area (Å²) >= 11 is 1.69. The number of aromatic nitrogens is 1. The number of aliphatic hydroxyl groups excluding tert-OH is 1. The van der Waals surface area contributed by atoms with Gasteiger partial charge < -0.3 is 5.11 Å². The van der Waals surface area contributed by atoms with Crippen molar-refractivity contribution < 1.29 is 5.11 Å². The first-order valence-corrected chi connectivity index (χ1v) is 7.55. The van der Waals surface area contributed by atoms with Crippen LogP contribution in [-0.2, 0) is 0 Å². The first-order valence-electron chi connectivity index (χ1n) is 6.67. The van der Waals surface area contributed by atoms with E-state index in [1.54, 1.807) is 11.3 Å². The molecule has 2 aromatic rings. The highest BCUT2D eigenvalue weighted by molar-refractivity contribution is 7.10. The van der Waals surface area contributed by atoms with E-state index in [9.17, 15) is 0 Å². The summed E-state index contributed by atoms with van der Waals surface area (Å²) in [6, 6.07) is 4.41. The first kappa shape index (κ1) is 14.2. The molecule has 0 bridgehead atoms. The summed E-state index contributed by atoms with van der Waals surface area (Å²) in [7, 11) is 0. The Kier molecular flexibility index (Phi) is 4.38. The van der Waals surface area contributed by atoms with E-state index in [-0.39, 0.29) is 6.61 Å². The molecular formula is C16H21NOS. The lowest BCUT2D eigenvalue weighted by Gasteiger charge is -2.09. The lowest BCUT2D eigenvalue weighted by Crippen LogP contribution is -1.96. The number of thiazole rings is 1. The number of hydrogen-bond acceptors (Lipinski definition) is 3. The van der Waals surface area contributed by atoms with Gasteiger partial charge in [-0.05, 0) is 38.3 Å². The van der Waals surface area contributed by atoms with Crippen LogP contribution < -0.4 is 0 Å². The van der Waals surface area contributed by atoms with Gasteiger partial charge in [0.15, 0.2) is 0 Å². The number of rotatable bonds is 4. The van der Waals surface area contributed by atoms with Gasteiger partial charge in [0.1, 0.15) is 0 Å². The second-order valence-corrected chi connectivity index (χ2v) is 6.15. The third-order valence-electron chi connectivity index (χ3n) is 3.44. The van der Waals surface area contributed by atoms with Crippen LogP contribution in [0.15, 0.2) is 17.5 Å². The van der Waals surface area contributed by atoms with Gasteiger partial charge in [0.2, 0.25) is 0 Å². The molecule has 1 aromatic heterocycles. The van der Waals surface area contributed by atoms with Crippen LogP contribution in [0.5, 0.6) is 0 Å². The van der Waals surface area contributed by atoms with Crippen molar-refractivity contribution in [1.82, 2.24) is 4.98 Å². The van der Waals surface area contributed by atoms with E-state index in [0.717, 1.165) is 17.1 Å². The summed E-state index contributed by atoms with van der Waals surface area (Å²) in [4.78, 5) is 4.76. The molecule has 2 nitrogen and oxygen atoms in total. The molecule has 0 saturated carbocycles. The summed E-state index contributed by atoms with van der Waals surface area (Å²) in [6.45, 7) is 8.75. The quantitative estimate of drug-likeness (QED) is 0.906. The predicted molar refractivity (Wildman–Crippen MR) is 81.9 cm³/mol. The van der Waals surface area contributed by atoms with Gasteiger partial charge in [-0.2, -0.15) is 0 Å². The molecule has 1 aromatic carbocycles. The fourth-order valence-corrected chi connectivity index (χ4v) is 3.43. The van der Waals surface area contributed by atoms with Crippen molar-refractivity contribution in [2.75, 3.05) is 6.61 Å². The molecule has 0 spiro atoms. The highest BCUT2D eigenvalue weighted by atomic mass is 32.1. The Bertz CT molecular complexity index is 551. The Labute approximate surface area is 119 Å². The molecule has 0 aliphatic heterocycles. The molecule has 1 atom stereocenters. The standard InChI is InChI=1S/C16H21NOS/c1-10-7-12(3)15(13(4)8-10)14-9-19-16(17-14)11(2)5-6-18/h7-9,11,18H,5-6H2,1-4H3. The highest BCUT2D eigenvalue weighted by Gasteiger charge is 2.14. The van der Waals surface area contributed by atoms with Crippen LogP contribution in [0.2, 0.25) is 0 Å². The topological polar surface area (TPSA) is 33.1 Å². The molecule has 0 aliphatic carbocycles. The second-order valence-electron chi connectivity index (χ2n) is 5.26. The van der Waals surface area contributed by atoms with Gasteiger partial charge in [-0.3, -0.25) is 0 Å². The maximum absolute atomic E-state index is 9.02. The molecule has 19 heavy (non-hydrogen) atoms. The molecule has 0 radical (unpaired) electrons. The van der Waals surface area contributed by atoms with Crippen LogP contribution in [-0.4, -0.2) is 16.7 Å². The molecule has 3 heteroatoms. The van der Waals surface area contributed by atoms with Crippen LogP contribution >= 0.6 is 11.3 Å². The third kappa shape index (κ3) is 3.04. The zero-order valence-electron chi connectivity index (χ0n) is 12.0. The zero-order chi connectivity index (χ0) is 14.0. The third-order valence-corrected chi connectivity index (χ3v) is 4.52. The summed E-state index contributed by atoms with van der Waals surface area (Å²) < 4.78 is 0. The minimum absolute atomic E-state index is 0.221. The molecule has 0 saturated heterocycles. The number of benzene rings is 1. The monoisotopic (exact) mass is 275 g/mol. The van der Waals surface area contributed by atoms with Crippen molar-refractivity contribution >= 4 is 11.3 Å². The maximum atomic E-state index is 9.02. The maximum Gasteiger partial charge on any atom is 0.0961 e. The predicted octanol–water partition coefficient (Wildman–Crippen LogP) is 4.22. The highest BCUT2D eigenvalue weighted by Crippen LogP contribution is 2.32. The smallest absolute Gasteiger partial charge is 0.0961 e. The van der Waals surface area contributed by atoms with Crippen molar-refractivity contribution in [2.45, 2.75) is 40.0 Å². The first-order chi connectivity index (χ1) is 9.02. The molecule has 0 aliphatic rings. The van der Waals surface area contributed by atoms with Crippen LogP contribution in [0.25, 0.3) is 11.3 Å². The molecule has 0 amide bonds. The molecular weight excluding hydrogens is 254 g/mol. The lowest BCUT2D eigenvalue weighted by atomic mass is 9.98. The normalized spacial score (nSPS) is 12.7. The minimum atomic E-state index is 0.221. The van der Waals surface area contributed by atoms with Gasteiger partial charge in [-0.15, -0.1) is 11.3 Å². The van der Waals surface area contributed by atoms with E-state index in [0.29, 0.717) is 5.92 Å². The Balaban J connectivity index is 2.38. The zero-order valence-corrected chi connectivity index (χ0v) is 12.8. The van der Waals surface area contributed by atoms with Crippen molar-refractivity contribution in [2.24, 2.45) is 0 Å². The van der Waals surface area contributed by atoms with Crippen LogP contribution in [0.3, 0.4) is 0 Å². The Hall–Kier alpha value is -1.19.